The van der Waals surface area contributed by atoms with Crippen molar-refractivity contribution in [1.29, 1.82) is 5.26 Å². The maximum absolute atomic E-state index is 12.8. The Bertz CT molecular complexity index is 1230. The summed E-state index contributed by atoms with van der Waals surface area (Å²) in [5.74, 6) is 0.648. The van der Waals surface area contributed by atoms with Gasteiger partial charge in [0.25, 0.3) is 5.91 Å². The molecule has 6 heteroatoms. The highest BCUT2D eigenvalue weighted by Crippen LogP contribution is 2.30. The van der Waals surface area contributed by atoms with E-state index in [4.69, 9.17) is 21.1 Å². The van der Waals surface area contributed by atoms with E-state index in [1.54, 1.807) is 24.3 Å². The maximum atomic E-state index is 12.8. The van der Waals surface area contributed by atoms with Crippen LogP contribution in [0.25, 0.3) is 6.08 Å². The van der Waals surface area contributed by atoms with Gasteiger partial charge in [-0.3, -0.25) is 4.79 Å². The first-order chi connectivity index (χ1) is 16.3. The number of nitrogens with zero attached hydrogens (tertiary/aromatic N) is 1. The molecule has 0 aromatic heterocycles. The molecule has 3 aromatic rings. The van der Waals surface area contributed by atoms with Gasteiger partial charge in [0.2, 0.25) is 0 Å². The van der Waals surface area contributed by atoms with Gasteiger partial charge in [0, 0.05) is 10.7 Å². The second kappa shape index (κ2) is 11.4. The van der Waals surface area contributed by atoms with Crippen LogP contribution in [-0.2, 0) is 11.4 Å². The van der Waals surface area contributed by atoms with Crippen LogP contribution in [0.5, 0.6) is 11.5 Å². The van der Waals surface area contributed by atoms with Crippen LogP contribution in [0.3, 0.4) is 0 Å². The van der Waals surface area contributed by atoms with Crippen molar-refractivity contribution in [1.82, 2.24) is 0 Å². The van der Waals surface area contributed by atoms with E-state index in [2.05, 4.69) is 5.32 Å². The minimum absolute atomic E-state index is 0.00310. The highest BCUT2D eigenvalue weighted by atomic mass is 35.5. The highest BCUT2D eigenvalue weighted by molar-refractivity contribution is 6.30. The van der Waals surface area contributed by atoms with Crippen LogP contribution < -0.4 is 14.8 Å². The number of nitriles is 1. The van der Waals surface area contributed by atoms with E-state index in [0.29, 0.717) is 35.3 Å². The van der Waals surface area contributed by atoms with Crippen molar-refractivity contribution in [3.63, 3.8) is 0 Å². The number of benzene rings is 3. The Morgan fingerprint density at radius 2 is 1.68 bits per heavy atom. The number of carbonyl (C=O) groups is 1. The molecule has 0 aliphatic rings. The molecule has 0 bridgehead atoms. The standard InChI is InChI=1S/C28H27ClN2O3/c1-5-33-26-15-22(8-11-25(26)34-17-21-6-9-24(29)10-7-21)14-23(16-30)28(32)31-27-19(3)12-18(2)13-20(27)4/h6-15H,5,17H2,1-4H3,(H,31,32)/b23-14-. The van der Waals surface area contributed by atoms with Crippen LogP contribution in [0.1, 0.15) is 34.7 Å². The molecule has 5 nitrogen and oxygen atoms in total. The summed E-state index contributed by atoms with van der Waals surface area (Å²) in [4.78, 5) is 12.8. The summed E-state index contributed by atoms with van der Waals surface area (Å²) in [6, 6.07) is 18.7. The molecule has 174 valence electrons. The monoisotopic (exact) mass is 474 g/mol. The maximum Gasteiger partial charge on any atom is 0.266 e. The fraction of sp³-hybridized carbons (Fsp3) is 0.214. The lowest BCUT2D eigenvalue weighted by Gasteiger charge is -2.14. The SMILES string of the molecule is CCOc1cc(/C=C(/C#N)C(=O)Nc2c(C)cc(C)cc2C)ccc1OCc1ccc(Cl)cc1. The van der Waals surface area contributed by atoms with Gasteiger partial charge in [0.15, 0.2) is 11.5 Å². The molecule has 3 aromatic carbocycles. The van der Waals surface area contributed by atoms with Crippen LogP contribution in [0.2, 0.25) is 5.02 Å². The van der Waals surface area contributed by atoms with Crippen LogP contribution in [0.4, 0.5) is 5.69 Å². The van der Waals surface area contributed by atoms with E-state index < -0.39 is 5.91 Å². The molecule has 0 saturated heterocycles. The lowest BCUT2D eigenvalue weighted by molar-refractivity contribution is -0.112. The molecule has 0 fully saturated rings. The summed E-state index contributed by atoms with van der Waals surface area (Å²) in [7, 11) is 0. The van der Waals surface area contributed by atoms with Crippen LogP contribution >= 0.6 is 11.6 Å². The van der Waals surface area contributed by atoms with Gasteiger partial charge in [-0.05, 0) is 80.3 Å². The van der Waals surface area contributed by atoms with Gasteiger partial charge < -0.3 is 14.8 Å². The van der Waals surface area contributed by atoms with E-state index in [-0.39, 0.29) is 5.57 Å². The molecule has 0 heterocycles. The number of halogens is 1. The summed E-state index contributed by atoms with van der Waals surface area (Å²) < 4.78 is 11.7. The Hall–Kier alpha value is -3.75. The number of hydrogen-bond acceptors (Lipinski definition) is 4. The second-order valence-electron chi connectivity index (χ2n) is 7.95. The largest absolute Gasteiger partial charge is 0.490 e. The molecular formula is C28H27ClN2O3. The fourth-order valence-electron chi connectivity index (χ4n) is 3.62. The van der Waals surface area contributed by atoms with E-state index in [0.717, 1.165) is 27.9 Å². The van der Waals surface area contributed by atoms with Crippen molar-refractivity contribution >= 4 is 29.3 Å². The number of amides is 1. The molecule has 1 N–H and O–H groups in total. The third kappa shape index (κ3) is 6.40. The van der Waals surface area contributed by atoms with Gasteiger partial charge >= 0.3 is 0 Å². The number of carbonyl (C=O) groups excluding carboxylic acids is 1. The van der Waals surface area contributed by atoms with E-state index in [1.165, 1.54) is 0 Å². The molecular weight excluding hydrogens is 448 g/mol. The third-order valence-electron chi connectivity index (χ3n) is 5.17. The molecule has 34 heavy (non-hydrogen) atoms. The normalized spacial score (nSPS) is 11.0. The Labute approximate surface area is 205 Å². The molecule has 0 aliphatic carbocycles. The first-order valence-corrected chi connectivity index (χ1v) is 11.3. The van der Waals surface area contributed by atoms with Crippen molar-refractivity contribution in [3.8, 4) is 17.6 Å². The fourth-order valence-corrected chi connectivity index (χ4v) is 3.74. The van der Waals surface area contributed by atoms with Crippen LogP contribution in [-0.4, -0.2) is 12.5 Å². The molecule has 0 unspecified atom stereocenters. The number of aryl methyl sites for hydroxylation is 3. The van der Waals surface area contributed by atoms with Crippen molar-refractivity contribution < 1.29 is 14.3 Å². The van der Waals surface area contributed by atoms with Gasteiger partial charge in [-0.25, -0.2) is 0 Å². The molecule has 0 saturated carbocycles. The van der Waals surface area contributed by atoms with Crippen molar-refractivity contribution in [2.24, 2.45) is 0 Å². The smallest absolute Gasteiger partial charge is 0.266 e. The summed E-state index contributed by atoms with van der Waals surface area (Å²) in [6.07, 6.45) is 1.54. The molecule has 1 amide bonds. The quantitative estimate of drug-likeness (QED) is 0.288. The third-order valence-corrected chi connectivity index (χ3v) is 5.42. The number of nitrogens with one attached hydrogen (secondary N) is 1. The molecule has 0 spiro atoms. The lowest BCUT2D eigenvalue weighted by Crippen LogP contribution is -2.15. The average molecular weight is 475 g/mol. The first-order valence-electron chi connectivity index (χ1n) is 11.0. The zero-order valence-corrected chi connectivity index (χ0v) is 20.5. The van der Waals surface area contributed by atoms with Gasteiger partial charge in [0.1, 0.15) is 18.2 Å². The van der Waals surface area contributed by atoms with E-state index in [1.807, 2.05) is 70.2 Å². The Morgan fingerprint density at radius 3 is 2.29 bits per heavy atom. The zero-order valence-electron chi connectivity index (χ0n) is 19.7. The lowest BCUT2D eigenvalue weighted by atomic mass is 10.0. The summed E-state index contributed by atoms with van der Waals surface area (Å²) in [6.45, 7) is 8.55. The van der Waals surface area contributed by atoms with Gasteiger partial charge in [-0.15, -0.1) is 0 Å². The summed E-state index contributed by atoms with van der Waals surface area (Å²) in [5.41, 5.74) is 5.36. The topological polar surface area (TPSA) is 71.3 Å². The second-order valence-corrected chi connectivity index (χ2v) is 8.39. The molecule has 3 rings (SSSR count). The number of hydrogen-bond donors (Lipinski definition) is 1. The van der Waals surface area contributed by atoms with Gasteiger partial charge in [0.05, 0.1) is 6.61 Å². The van der Waals surface area contributed by atoms with Crippen LogP contribution in [0.15, 0.2) is 60.2 Å². The molecule has 0 atom stereocenters. The predicted octanol–water partition coefficient (Wildman–Crippen LogP) is 6.79. The van der Waals surface area contributed by atoms with Crippen LogP contribution in [0, 0.1) is 32.1 Å². The predicted molar refractivity (Wildman–Crippen MR) is 136 cm³/mol. The van der Waals surface area contributed by atoms with E-state index >= 15 is 0 Å². The summed E-state index contributed by atoms with van der Waals surface area (Å²) >= 11 is 5.94. The Balaban J connectivity index is 1.81. The van der Waals surface area contributed by atoms with Gasteiger partial charge in [-0.1, -0.05) is 47.5 Å². The number of anilines is 1. The highest BCUT2D eigenvalue weighted by Gasteiger charge is 2.14. The summed E-state index contributed by atoms with van der Waals surface area (Å²) in [5, 5.41) is 13.2. The Morgan fingerprint density at radius 1 is 1.00 bits per heavy atom. The number of rotatable bonds is 8. The Kier molecular flexibility index (Phi) is 8.34. The van der Waals surface area contributed by atoms with Crippen molar-refractivity contribution in [2.45, 2.75) is 34.3 Å². The zero-order chi connectivity index (χ0) is 24.7. The molecule has 0 radical (unpaired) electrons. The molecule has 0 aliphatic heterocycles. The van der Waals surface area contributed by atoms with E-state index in [9.17, 15) is 10.1 Å². The minimum atomic E-state index is -0.460. The number of ether oxygens (including phenoxy) is 2. The first kappa shape index (κ1) is 24.9. The minimum Gasteiger partial charge on any atom is -0.490 e. The van der Waals surface area contributed by atoms with Gasteiger partial charge in [-0.2, -0.15) is 5.26 Å². The van der Waals surface area contributed by atoms with Crippen molar-refractivity contribution in [3.05, 3.63) is 93.0 Å². The van der Waals surface area contributed by atoms with Crippen molar-refractivity contribution in [2.75, 3.05) is 11.9 Å². The average Bonchev–Trinajstić information content (AvgIpc) is 2.80.